The lowest BCUT2D eigenvalue weighted by Crippen LogP contribution is -2.23. The van der Waals surface area contributed by atoms with Crippen LogP contribution >= 0.6 is 23.2 Å². The van der Waals surface area contributed by atoms with Crippen LogP contribution in [0.1, 0.15) is 16.1 Å². The number of benzene rings is 2. The predicted octanol–water partition coefficient (Wildman–Crippen LogP) is 4.01. The molecule has 1 heterocycles. The number of nitrogens with zero attached hydrogens (tertiary/aromatic N) is 3. The van der Waals surface area contributed by atoms with E-state index < -0.39 is 0 Å². The minimum Gasteiger partial charge on any atom is -0.479 e. The predicted molar refractivity (Wildman–Crippen MR) is 102 cm³/mol. The van der Waals surface area contributed by atoms with Gasteiger partial charge in [-0.3, -0.25) is 4.79 Å². The highest BCUT2D eigenvalue weighted by Gasteiger charge is 2.11. The lowest BCUT2D eigenvalue weighted by molar-refractivity contribution is 0.0945. The maximum absolute atomic E-state index is 12.3. The third kappa shape index (κ3) is 4.79. The van der Waals surface area contributed by atoms with Crippen molar-refractivity contribution in [2.24, 2.45) is 0 Å². The second-order valence-corrected chi connectivity index (χ2v) is 6.34. The summed E-state index contributed by atoms with van der Waals surface area (Å²) in [6, 6.07) is 15.8. The van der Waals surface area contributed by atoms with Crippen LogP contribution in [0.5, 0.6) is 5.75 Å². The summed E-state index contributed by atoms with van der Waals surface area (Å²) >= 11 is 11.9. The number of nitrogens with one attached hydrogen (secondary N) is 1. The molecule has 0 fully saturated rings. The highest BCUT2D eigenvalue weighted by atomic mass is 35.5. The molecule has 8 heteroatoms. The highest BCUT2D eigenvalue weighted by Crippen LogP contribution is 2.24. The monoisotopic (exact) mass is 400 g/mol. The fourth-order valence-corrected chi connectivity index (χ4v) is 2.64. The molecule has 0 aliphatic carbocycles. The minimum absolute atomic E-state index is 0.0258. The average molecular weight is 401 g/mol. The van der Waals surface area contributed by atoms with Gasteiger partial charge in [0.2, 0.25) is 0 Å². The molecule has 0 unspecified atom stereocenters. The molecule has 136 valence electrons. The van der Waals surface area contributed by atoms with Crippen molar-refractivity contribution in [2.75, 3.05) is 6.61 Å². The van der Waals surface area contributed by atoms with Crippen LogP contribution in [0.3, 0.4) is 0 Å². The van der Waals surface area contributed by atoms with Gasteiger partial charge in [0, 0.05) is 12.7 Å². The summed E-state index contributed by atoms with van der Waals surface area (Å²) in [6.07, 6.45) is 1.67. The zero-order valence-electron chi connectivity index (χ0n) is 14.0. The fourth-order valence-electron chi connectivity index (χ4n) is 2.35. The number of hydrogen-bond donors (Lipinski definition) is 1. The number of halogens is 2. The molecular weight excluding hydrogens is 387 g/mol. The van der Waals surface area contributed by atoms with E-state index in [0.29, 0.717) is 28.0 Å². The first-order chi connectivity index (χ1) is 13.1. The number of carbonyl (C=O) groups excluding carboxylic acids is 1. The van der Waals surface area contributed by atoms with Gasteiger partial charge in [-0.15, -0.1) is 0 Å². The van der Waals surface area contributed by atoms with Crippen molar-refractivity contribution in [1.82, 2.24) is 15.1 Å². The normalized spacial score (nSPS) is 10.3. The lowest BCUT2D eigenvalue weighted by atomic mass is 10.2. The summed E-state index contributed by atoms with van der Waals surface area (Å²) in [4.78, 5) is 12.3. The van der Waals surface area contributed by atoms with Crippen LogP contribution in [0.4, 0.5) is 0 Å². The molecule has 0 aliphatic rings. The van der Waals surface area contributed by atoms with Gasteiger partial charge in [0.25, 0.3) is 5.91 Å². The third-order valence-corrected chi connectivity index (χ3v) is 4.38. The molecule has 3 aromatic rings. The number of nitriles is 1. The zero-order valence-corrected chi connectivity index (χ0v) is 15.5. The van der Waals surface area contributed by atoms with Crippen molar-refractivity contribution in [3.05, 3.63) is 76.0 Å². The van der Waals surface area contributed by atoms with Crippen molar-refractivity contribution in [2.45, 2.75) is 6.54 Å². The molecule has 0 aliphatic heterocycles. The smallest absolute Gasteiger partial charge is 0.272 e. The van der Waals surface area contributed by atoms with Gasteiger partial charge in [0.15, 0.2) is 12.3 Å². The van der Waals surface area contributed by atoms with Gasteiger partial charge in [-0.2, -0.15) is 10.4 Å². The van der Waals surface area contributed by atoms with Crippen LogP contribution in [0.15, 0.2) is 54.7 Å². The van der Waals surface area contributed by atoms with Crippen molar-refractivity contribution < 1.29 is 9.53 Å². The van der Waals surface area contributed by atoms with Crippen LogP contribution in [0, 0.1) is 11.3 Å². The van der Waals surface area contributed by atoms with Crippen molar-refractivity contribution in [3.8, 4) is 17.5 Å². The lowest BCUT2D eigenvalue weighted by Gasteiger charge is -2.06. The largest absolute Gasteiger partial charge is 0.479 e. The Morgan fingerprint density at radius 3 is 2.81 bits per heavy atom. The Bertz CT molecular complexity index is 1010. The first-order valence-corrected chi connectivity index (χ1v) is 8.70. The Balaban J connectivity index is 1.64. The number of aromatic nitrogens is 2. The van der Waals surface area contributed by atoms with E-state index >= 15 is 0 Å². The van der Waals surface area contributed by atoms with E-state index in [1.807, 2.05) is 12.1 Å². The van der Waals surface area contributed by atoms with Gasteiger partial charge in [0.1, 0.15) is 11.8 Å². The molecule has 0 saturated carbocycles. The Morgan fingerprint density at radius 1 is 1.19 bits per heavy atom. The molecule has 0 saturated heterocycles. The number of carbonyl (C=O) groups is 1. The summed E-state index contributed by atoms with van der Waals surface area (Å²) in [6.45, 7) is 0.282. The van der Waals surface area contributed by atoms with Crippen LogP contribution in [0.2, 0.25) is 10.0 Å². The standard InChI is InChI=1S/C19H14Cl2N4O2/c20-16-5-4-14(11-17(16)21)25-8-6-18(24-25)19(26)23-12-13-2-1-3-15(10-13)27-9-7-22/h1-6,8,10-11H,9,12H2,(H,23,26). The van der Waals surface area contributed by atoms with E-state index in [0.717, 1.165) is 5.56 Å². The minimum atomic E-state index is -0.308. The van der Waals surface area contributed by atoms with Gasteiger partial charge >= 0.3 is 0 Å². The first-order valence-electron chi connectivity index (χ1n) is 7.95. The van der Waals surface area contributed by atoms with E-state index in [2.05, 4.69) is 10.4 Å². The zero-order chi connectivity index (χ0) is 19.2. The number of hydrogen-bond acceptors (Lipinski definition) is 4. The molecule has 1 aromatic heterocycles. The van der Waals surface area contributed by atoms with E-state index in [-0.39, 0.29) is 18.2 Å². The summed E-state index contributed by atoms with van der Waals surface area (Å²) in [5.74, 6) is 0.268. The number of ether oxygens (including phenoxy) is 1. The maximum atomic E-state index is 12.3. The van der Waals surface area contributed by atoms with Crippen molar-refractivity contribution in [1.29, 1.82) is 5.26 Å². The quantitative estimate of drug-likeness (QED) is 0.677. The van der Waals surface area contributed by atoms with E-state index in [1.165, 1.54) is 0 Å². The molecule has 0 spiro atoms. The van der Waals surface area contributed by atoms with Gasteiger partial charge in [-0.1, -0.05) is 35.3 Å². The summed E-state index contributed by atoms with van der Waals surface area (Å²) in [5.41, 5.74) is 1.83. The number of rotatable bonds is 6. The molecule has 27 heavy (non-hydrogen) atoms. The second kappa shape index (κ2) is 8.58. The summed E-state index contributed by atoms with van der Waals surface area (Å²) in [7, 11) is 0. The Hall–Kier alpha value is -3.01. The molecule has 0 bridgehead atoms. The van der Waals surface area contributed by atoms with Crippen LogP contribution in [0.25, 0.3) is 5.69 Å². The Morgan fingerprint density at radius 2 is 2.04 bits per heavy atom. The summed E-state index contributed by atoms with van der Waals surface area (Å²) in [5, 5.41) is 16.5. The molecule has 1 N–H and O–H groups in total. The fraction of sp³-hybridized carbons (Fsp3) is 0.105. The van der Waals surface area contributed by atoms with Crippen LogP contribution < -0.4 is 10.1 Å². The molecule has 0 atom stereocenters. The Labute approximate surface area is 165 Å². The molecule has 0 radical (unpaired) electrons. The SMILES string of the molecule is N#CCOc1cccc(CNC(=O)c2ccn(-c3ccc(Cl)c(Cl)c3)n2)c1. The van der Waals surface area contributed by atoms with Crippen LogP contribution in [-0.4, -0.2) is 22.3 Å². The van der Waals surface area contributed by atoms with E-state index in [1.54, 1.807) is 53.3 Å². The molecule has 3 rings (SSSR count). The molecule has 1 amide bonds. The highest BCUT2D eigenvalue weighted by molar-refractivity contribution is 6.42. The van der Waals surface area contributed by atoms with E-state index in [4.69, 9.17) is 33.2 Å². The Kier molecular flexibility index (Phi) is 5.97. The molecule has 2 aromatic carbocycles. The topological polar surface area (TPSA) is 79.9 Å². The van der Waals surface area contributed by atoms with Crippen molar-refractivity contribution in [3.63, 3.8) is 0 Å². The van der Waals surface area contributed by atoms with Gasteiger partial charge < -0.3 is 10.1 Å². The second-order valence-electron chi connectivity index (χ2n) is 5.52. The van der Waals surface area contributed by atoms with Crippen molar-refractivity contribution >= 4 is 29.1 Å². The van der Waals surface area contributed by atoms with Crippen LogP contribution in [-0.2, 0) is 6.54 Å². The third-order valence-electron chi connectivity index (χ3n) is 3.64. The van der Waals surface area contributed by atoms with E-state index in [9.17, 15) is 4.79 Å². The first kappa shape index (κ1) is 18.8. The van der Waals surface area contributed by atoms with Gasteiger partial charge in [-0.25, -0.2) is 4.68 Å². The molecular formula is C19H14Cl2N4O2. The van der Waals surface area contributed by atoms with Gasteiger partial charge in [0.05, 0.1) is 15.7 Å². The maximum Gasteiger partial charge on any atom is 0.272 e. The van der Waals surface area contributed by atoms with Gasteiger partial charge in [-0.05, 0) is 42.0 Å². The molecule has 6 nitrogen and oxygen atoms in total. The average Bonchev–Trinajstić information content (AvgIpc) is 3.17. The number of amides is 1. The summed E-state index contributed by atoms with van der Waals surface area (Å²) < 4.78 is 6.80.